The third-order valence-electron chi connectivity index (χ3n) is 3.89. The standard InChI is InChI=1S/C15H25N3O2S/c1-4-16-11-14-7-5-6-8-15(14)21(19,20)18-10-9-17(3)12-13(18)2/h5-8,13,16H,4,9-12H2,1-3H3. The molecule has 1 aliphatic rings. The largest absolute Gasteiger partial charge is 0.313 e. The lowest BCUT2D eigenvalue weighted by molar-refractivity contribution is 0.170. The second-order valence-electron chi connectivity index (χ2n) is 5.62. The van der Waals surface area contributed by atoms with Gasteiger partial charge in [0, 0.05) is 32.2 Å². The van der Waals surface area contributed by atoms with Crippen LogP contribution < -0.4 is 5.32 Å². The molecule has 1 heterocycles. The van der Waals surface area contributed by atoms with Crippen molar-refractivity contribution in [2.75, 3.05) is 33.2 Å². The molecule has 1 saturated heterocycles. The Morgan fingerprint density at radius 3 is 2.67 bits per heavy atom. The maximum absolute atomic E-state index is 13.0. The second kappa shape index (κ2) is 6.87. The quantitative estimate of drug-likeness (QED) is 0.885. The minimum Gasteiger partial charge on any atom is -0.313 e. The van der Waals surface area contributed by atoms with E-state index >= 15 is 0 Å². The van der Waals surface area contributed by atoms with Crippen molar-refractivity contribution < 1.29 is 8.42 Å². The van der Waals surface area contributed by atoms with Gasteiger partial charge in [-0.25, -0.2) is 8.42 Å². The highest BCUT2D eigenvalue weighted by molar-refractivity contribution is 7.89. The number of likely N-dealkylation sites (N-methyl/N-ethyl adjacent to an activating group) is 1. The maximum Gasteiger partial charge on any atom is 0.243 e. The van der Waals surface area contributed by atoms with Crippen molar-refractivity contribution in [1.29, 1.82) is 0 Å². The SMILES string of the molecule is CCNCc1ccccc1S(=O)(=O)N1CCN(C)CC1C. The van der Waals surface area contributed by atoms with Gasteiger partial charge in [-0.15, -0.1) is 0 Å². The molecule has 1 unspecified atom stereocenters. The number of rotatable bonds is 5. The van der Waals surface area contributed by atoms with Crippen LogP contribution in [-0.2, 0) is 16.6 Å². The van der Waals surface area contributed by atoms with Gasteiger partial charge in [0.05, 0.1) is 4.90 Å². The Kier molecular flexibility index (Phi) is 5.37. The number of hydrogen-bond acceptors (Lipinski definition) is 4. The summed E-state index contributed by atoms with van der Waals surface area (Å²) in [7, 11) is -1.40. The summed E-state index contributed by atoms with van der Waals surface area (Å²) in [6.07, 6.45) is 0. The number of sulfonamides is 1. The van der Waals surface area contributed by atoms with Gasteiger partial charge in [0.1, 0.15) is 0 Å². The molecule has 1 aromatic carbocycles. The van der Waals surface area contributed by atoms with E-state index in [9.17, 15) is 8.42 Å². The number of nitrogens with zero attached hydrogens (tertiary/aromatic N) is 2. The Hall–Kier alpha value is -0.950. The summed E-state index contributed by atoms with van der Waals surface area (Å²) in [6, 6.07) is 7.28. The van der Waals surface area contributed by atoms with Crippen LogP contribution in [0.15, 0.2) is 29.2 Å². The van der Waals surface area contributed by atoms with Gasteiger partial charge in [-0.05, 0) is 32.1 Å². The first-order chi connectivity index (χ1) is 9.96. The number of nitrogens with one attached hydrogen (secondary N) is 1. The van der Waals surface area contributed by atoms with Crippen molar-refractivity contribution in [3.8, 4) is 0 Å². The first-order valence-corrected chi connectivity index (χ1v) is 8.89. The molecule has 0 bridgehead atoms. The minimum atomic E-state index is -3.43. The van der Waals surface area contributed by atoms with Crippen LogP contribution in [-0.4, -0.2) is 56.9 Å². The molecule has 1 N–H and O–H groups in total. The summed E-state index contributed by atoms with van der Waals surface area (Å²) < 4.78 is 27.6. The van der Waals surface area contributed by atoms with E-state index in [0.29, 0.717) is 18.0 Å². The average Bonchev–Trinajstić information content (AvgIpc) is 2.45. The molecule has 1 aromatic rings. The van der Waals surface area contributed by atoms with Crippen molar-refractivity contribution in [2.24, 2.45) is 0 Å². The Balaban J connectivity index is 2.31. The Morgan fingerprint density at radius 1 is 1.29 bits per heavy atom. The van der Waals surface area contributed by atoms with E-state index in [4.69, 9.17) is 0 Å². The van der Waals surface area contributed by atoms with Crippen LogP contribution in [0.3, 0.4) is 0 Å². The van der Waals surface area contributed by atoms with Crippen LogP contribution in [0.4, 0.5) is 0 Å². The van der Waals surface area contributed by atoms with Crippen molar-refractivity contribution >= 4 is 10.0 Å². The van der Waals surface area contributed by atoms with E-state index < -0.39 is 10.0 Å². The smallest absolute Gasteiger partial charge is 0.243 e. The van der Waals surface area contributed by atoms with Gasteiger partial charge in [0.2, 0.25) is 10.0 Å². The molecular formula is C15H25N3O2S. The monoisotopic (exact) mass is 311 g/mol. The van der Waals surface area contributed by atoms with Gasteiger partial charge < -0.3 is 10.2 Å². The molecule has 1 atom stereocenters. The maximum atomic E-state index is 13.0. The fraction of sp³-hybridized carbons (Fsp3) is 0.600. The molecule has 0 spiro atoms. The molecule has 0 aromatic heterocycles. The Labute approximate surface area is 128 Å². The van der Waals surface area contributed by atoms with E-state index in [1.54, 1.807) is 16.4 Å². The van der Waals surface area contributed by atoms with Gasteiger partial charge in [0.25, 0.3) is 0 Å². The van der Waals surface area contributed by atoms with E-state index in [1.165, 1.54) is 0 Å². The highest BCUT2D eigenvalue weighted by Gasteiger charge is 2.33. The summed E-state index contributed by atoms with van der Waals surface area (Å²) in [5.74, 6) is 0. The van der Waals surface area contributed by atoms with Crippen LogP contribution in [0.25, 0.3) is 0 Å². The summed E-state index contributed by atoms with van der Waals surface area (Å²) in [5.41, 5.74) is 0.838. The van der Waals surface area contributed by atoms with Crippen molar-refractivity contribution in [2.45, 2.75) is 31.3 Å². The van der Waals surface area contributed by atoms with Gasteiger partial charge in [-0.1, -0.05) is 25.1 Å². The fourth-order valence-electron chi connectivity index (χ4n) is 2.77. The third-order valence-corrected chi connectivity index (χ3v) is 6.01. The Bertz CT molecular complexity index is 574. The third kappa shape index (κ3) is 3.63. The first kappa shape index (κ1) is 16.4. The summed E-state index contributed by atoms with van der Waals surface area (Å²) >= 11 is 0. The average molecular weight is 311 g/mol. The highest BCUT2D eigenvalue weighted by atomic mass is 32.2. The molecule has 0 aliphatic carbocycles. The van der Waals surface area contributed by atoms with Gasteiger partial charge in [0.15, 0.2) is 0 Å². The zero-order valence-corrected chi connectivity index (χ0v) is 13.9. The highest BCUT2D eigenvalue weighted by Crippen LogP contribution is 2.24. The number of hydrogen-bond donors (Lipinski definition) is 1. The topological polar surface area (TPSA) is 52.7 Å². The van der Waals surface area contributed by atoms with Crippen LogP contribution in [0, 0.1) is 0 Å². The molecule has 118 valence electrons. The van der Waals surface area contributed by atoms with E-state index in [0.717, 1.165) is 25.2 Å². The van der Waals surface area contributed by atoms with Crippen molar-refractivity contribution in [1.82, 2.24) is 14.5 Å². The Morgan fingerprint density at radius 2 is 2.00 bits per heavy atom. The van der Waals surface area contributed by atoms with E-state index in [-0.39, 0.29) is 6.04 Å². The molecular weight excluding hydrogens is 286 g/mol. The zero-order chi connectivity index (χ0) is 15.5. The molecule has 0 saturated carbocycles. The predicted molar refractivity (Wildman–Crippen MR) is 84.7 cm³/mol. The first-order valence-electron chi connectivity index (χ1n) is 7.45. The summed E-state index contributed by atoms with van der Waals surface area (Å²) in [4.78, 5) is 2.60. The van der Waals surface area contributed by atoms with Crippen LogP contribution >= 0.6 is 0 Å². The number of benzene rings is 1. The molecule has 5 nitrogen and oxygen atoms in total. The number of piperazine rings is 1. The fourth-order valence-corrected chi connectivity index (χ4v) is 4.60. The molecule has 1 fully saturated rings. The van der Waals surface area contributed by atoms with E-state index in [2.05, 4.69) is 10.2 Å². The molecule has 6 heteroatoms. The van der Waals surface area contributed by atoms with Crippen LogP contribution in [0.2, 0.25) is 0 Å². The summed E-state index contributed by atoms with van der Waals surface area (Å²) in [5, 5.41) is 3.21. The van der Waals surface area contributed by atoms with Crippen LogP contribution in [0.1, 0.15) is 19.4 Å². The van der Waals surface area contributed by atoms with Crippen LogP contribution in [0.5, 0.6) is 0 Å². The second-order valence-corrected chi connectivity index (χ2v) is 7.47. The van der Waals surface area contributed by atoms with Gasteiger partial charge in [-0.2, -0.15) is 4.31 Å². The molecule has 1 aliphatic heterocycles. The molecule has 2 rings (SSSR count). The normalized spacial score (nSPS) is 21.6. The molecule has 21 heavy (non-hydrogen) atoms. The lowest BCUT2D eigenvalue weighted by Crippen LogP contribution is -2.52. The van der Waals surface area contributed by atoms with Gasteiger partial charge >= 0.3 is 0 Å². The lowest BCUT2D eigenvalue weighted by Gasteiger charge is -2.37. The molecule has 0 radical (unpaired) electrons. The molecule has 0 amide bonds. The van der Waals surface area contributed by atoms with Crippen molar-refractivity contribution in [3.05, 3.63) is 29.8 Å². The zero-order valence-electron chi connectivity index (χ0n) is 13.0. The van der Waals surface area contributed by atoms with E-state index in [1.807, 2.05) is 33.0 Å². The van der Waals surface area contributed by atoms with Gasteiger partial charge in [-0.3, -0.25) is 0 Å². The predicted octanol–water partition coefficient (Wildman–Crippen LogP) is 1.12. The van der Waals surface area contributed by atoms with Crippen molar-refractivity contribution in [3.63, 3.8) is 0 Å². The minimum absolute atomic E-state index is 0.000871. The summed E-state index contributed by atoms with van der Waals surface area (Å²) in [6.45, 7) is 7.48. The lowest BCUT2D eigenvalue weighted by atomic mass is 10.2.